The average Bonchev–Trinajstić information content (AvgIpc) is 2.36. The van der Waals surface area contributed by atoms with Crippen molar-refractivity contribution in [2.75, 3.05) is 7.11 Å². The molecule has 0 aliphatic carbocycles. The Labute approximate surface area is 129 Å². The Kier molecular flexibility index (Phi) is 5.75. The first-order valence-electron chi connectivity index (χ1n) is 6.49. The summed E-state index contributed by atoms with van der Waals surface area (Å²) >= 11 is 5.96. The molecule has 116 valence electrons. The van der Waals surface area contributed by atoms with Gasteiger partial charge in [0.15, 0.2) is 5.78 Å². The second kappa shape index (κ2) is 6.91. The van der Waals surface area contributed by atoms with Crippen LogP contribution in [-0.4, -0.2) is 30.5 Å². The zero-order chi connectivity index (χ0) is 16.2. The van der Waals surface area contributed by atoms with E-state index in [2.05, 4.69) is 0 Å². The molecular weight excluding hydrogens is 294 g/mol. The van der Waals surface area contributed by atoms with Crippen LogP contribution in [0.25, 0.3) is 0 Å². The van der Waals surface area contributed by atoms with Gasteiger partial charge in [0, 0.05) is 12.0 Å². The summed E-state index contributed by atoms with van der Waals surface area (Å²) in [4.78, 5) is 23.8. The number of esters is 1. The minimum atomic E-state index is -1.00. The predicted molar refractivity (Wildman–Crippen MR) is 80.8 cm³/mol. The van der Waals surface area contributed by atoms with E-state index >= 15 is 0 Å². The van der Waals surface area contributed by atoms with E-state index < -0.39 is 17.6 Å². The molecule has 0 aromatic heterocycles. The number of carbonyl (C=O) groups excluding carboxylic acids is 2. The lowest BCUT2D eigenvalue weighted by atomic mass is 10.0. The fourth-order valence-electron chi connectivity index (χ4n) is 1.62. The van der Waals surface area contributed by atoms with Crippen LogP contribution >= 0.6 is 11.6 Å². The van der Waals surface area contributed by atoms with Crippen molar-refractivity contribution in [3.8, 4) is 5.75 Å². The third-order valence-electron chi connectivity index (χ3n) is 2.59. The first-order chi connectivity index (χ1) is 9.64. The molecule has 0 spiro atoms. The highest BCUT2D eigenvalue weighted by atomic mass is 35.5. The second-order valence-corrected chi connectivity index (χ2v) is 6.02. The van der Waals surface area contributed by atoms with Crippen LogP contribution < -0.4 is 10.5 Å². The quantitative estimate of drug-likeness (QED) is 0.667. The number of Topliss-reactive ketones (excluding diaryl/α,β-unsaturated/α-hetero) is 1. The largest absolute Gasteiger partial charge is 0.495 e. The van der Waals surface area contributed by atoms with Crippen molar-refractivity contribution in [2.24, 2.45) is 5.73 Å². The van der Waals surface area contributed by atoms with Gasteiger partial charge in [-0.1, -0.05) is 11.6 Å². The van der Waals surface area contributed by atoms with Gasteiger partial charge in [0.05, 0.1) is 12.1 Å². The van der Waals surface area contributed by atoms with Crippen molar-refractivity contribution in [2.45, 2.75) is 38.8 Å². The molecule has 0 heterocycles. The molecule has 0 fully saturated rings. The Morgan fingerprint density at radius 3 is 2.43 bits per heavy atom. The van der Waals surface area contributed by atoms with E-state index in [1.807, 2.05) is 0 Å². The van der Waals surface area contributed by atoms with E-state index in [0.29, 0.717) is 16.3 Å². The fourth-order valence-corrected chi connectivity index (χ4v) is 1.88. The molecule has 1 unspecified atom stereocenters. The van der Waals surface area contributed by atoms with Gasteiger partial charge in [0.2, 0.25) is 0 Å². The molecular formula is C15H20ClNO4. The summed E-state index contributed by atoms with van der Waals surface area (Å²) in [6, 6.07) is 3.66. The number of rotatable bonds is 5. The highest BCUT2D eigenvalue weighted by molar-refractivity contribution is 6.32. The molecule has 5 nitrogen and oxygen atoms in total. The molecule has 1 atom stereocenters. The number of halogens is 1. The molecule has 6 heteroatoms. The first-order valence-corrected chi connectivity index (χ1v) is 6.87. The Morgan fingerprint density at radius 1 is 1.33 bits per heavy atom. The van der Waals surface area contributed by atoms with Gasteiger partial charge in [-0.2, -0.15) is 0 Å². The van der Waals surface area contributed by atoms with Crippen molar-refractivity contribution in [1.82, 2.24) is 0 Å². The van der Waals surface area contributed by atoms with Crippen LogP contribution in [0.5, 0.6) is 5.75 Å². The average molecular weight is 314 g/mol. The molecule has 0 bridgehead atoms. The predicted octanol–water partition coefficient (Wildman–Crippen LogP) is 2.59. The van der Waals surface area contributed by atoms with Crippen LogP contribution in [0.4, 0.5) is 0 Å². The number of ketones is 1. The van der Waals surface area contributed by atoms with Crippen LogP contribution in [0.15, 0.2) is 18.2 Å². The Hall–Kier alpha value is -1.59. The van der Waals surface area contributed by atoms with Crippen LogP contribution in [0.2, 0.25) is 5.02 Å². The van der Waals surface area contributed by atoms with Gasteiger partial charge < -0.3 is 15.2 Å². The maximum absolute atomic E-state index is 12.1. The SMILES string of the molecule is COc1ccc(C(=O)CC(N)C(=O)OC(C)(C)C)cc1Cl. The van der Waals surface area contributed by atoms with Gasteiger partial charge in [-0.15, -0.1) is 0 Å². The van der Waals surface area contributed by atoms with E-state index in [0.717, 1.165) is 0 Å². The van der Waals surface area contributed by atoms with Crippen LogP contribution in [0.1, 0.15) is 37.6 Å². The van der Waals surface area contributed by atoms with Crippen molar-refractivity contribution >= 4 is 23.4 Å². The van der Waals surface area contributed by atoms with Gasteiger partial charge in [-0.05, 0) is 39.0 Å². The Bertz CT molecular complexity index is 537. The van der Waals surface area contributed by atoms with Crippen molar-refractivity contribution in [3.05, 3.63) is 28.8 Å². The number of ether oxygens (including phenoxy) is 2. The zero-order valence-electron chi connectivity index (χ0n) is 12.6. The maximum Gasteiger partial charge on any atom is 0.323 e. The molecule has 21 heavy (non-hydrogen) atoms. The molecule has 0 amide bonds. The van der Waals surface area contributed by atoms with Crippen LogP contribution in [-0.2, 0) is 9.53 Å². The Balaban J connectivity index is 2.72. The molecule has 0 radical (unpaired) electrons. The van der Waals surface area contributed by atoms with Crippen molar-refractivity contribution in [1.29, 1.82) is 0 Å². The topological polar surface area (TPSA) is 78.6 Å². The third-order valence-corrected chi connectivity index (χ3v) is 2.88. The van der Waals surface area contributed by atoms with Gasteiger partial charge in [-0.3, -0.25) is 9.59 Å². The second-order valence-electron chi connectivity index (χ2n) is 5.62. The van der Waals surface area contributed by atoms with E-state index in [4.69, 9.17) is 26.8 Å². The van der Waals surface area contributed by atoms with Crippen molar-refractivity contribution in [3.63, 3.8) is 0 Å². The van der Waals surface area contributed by atoms with Crippen LogP contribution in [0.3, 0.4) is 0 Å². The molecule has 0 aliphatic rings. The summed E-state index contributed by atoms with van der Waals surface area (Å²) in [6.45, 7) is 5.22. The first kappa shape index (κ1) is 17.5. The summed E-state index contributed by atoms with van der Waals surface area (Å²) in [5.41, 5.74) is 5.44. The molecule has 2 N–H and O–H groups in total. The minimum Gasteiger partial charge on any atom is -0.495 e. The fraction of sp³-hybridized carbons (Fsp3) is 0.467. The van der Waals surface area contributed by atoms with E-state index in [9.17, 15) is 9.59 Å². The number of carbonyl (C=O) groups is 2. The molecule has 1 aromatic rings. The summed E-state index contributed by atoms with van der Waals surface area (Å²) in [5.74, 6) is -0.405. The number of methoxy groups -OCH3 is 1. The third kappa shape index (κ3) is 5.36. The highest BCUT2D eigenvalue weighted by Gasteiger charge is 2.24. The Morgan fingerprint density at radius 2 is 1.95 bits per heavy atom. The lowest BCUT2D eigenvalue weighted by Gasteiger charge is -2.21. The monoisotopic (exact) mass is 313 g/mol. The molecule has 1 rings (SSSR count). The molecule has 0 saturated heterocycles. The summed E-state index contributed by atoms with van der Waals surface area (Å²) in [7, 11) is 1.49. The zero-order valence-corrected chi connectivity index (χ0v) is 13.4. The number of hydrogen-bond acceptors (Lipinski definition) is 5. The highest BCUT2D eigenvalue weighted by Crippen LogP contribution is 2.25. The maximum atomic E-state index is 12.1. The van der Waals surface area contributed by atoms with Gasteiger partial charge in [-0.25, -0.2) is 0 Å². The number of nitrogens with two attached hydrogens (primary N) is 1. The summed E-state index contributed by atoms with van der Waals surface area (Å²) in [5, 5.41) is 0.328. The van der Waals surface area contributed by atoms with Crippen molar-refractivity contribution < 1.29 is 19.1 Å². The van der Waals surface area contributed by atoms with E-state index in [-0.39, 0.29) is 12.2 Å². The van der Waals surface area contributed by atoms with Gasteiger partial charge >= 0.3 is 5.97 Å². The lowest BCUT2D eigenvalue weighted by molar-refractivity contribution is -0.156. The molecule has 0 aliphatic heterocycles. The normalized spacial score (nSPS) is 12.7. The number of benzene rings is 1. The van der Waals surface area contributed by atoms with E-state index in [1.165, 1.54) is 13.2 Å². The lowest BCUT2D eigenvalue weighted by Crippen LogP contribution is -2.38. The minimum absolute atomic E-state index is 0.141. The summed E-state index contributed by atoms with van der Waals surface area (Å²) in [6.07, 6.45) is -0.141. The molecule has 0 saturated carbocycles. The molecule has 1 aromatic carbocycles. The number of hydrogen-bond donors (Lipinski definition) is 1. The smallest absolute Gasteiger partial charge is 0.323 e. The summed E-state index contributed by atoms with van der Waals surface area (Å²) < 4.78 is 10.1. The van der Waals surface area contributed by atoms with Crippen LogP contribution in [0, 0.1) is 0 Å². The van der Waals surface area contributed by atoms with Gasteiger partial charge in [0.25, 0.3) is 0 Å². The standard InChI is InChI=1S/C15H20ClNO4/c1-15(2,3)21-14(19)11(17)8-12(18)9-5-6-13(20-4)10(16)7-9/h5-7,11H,8,17H2,1-4H3. The van der Waals surface area contributed by atoms with E-state index in [1.54, 1.807) is 32.9 Å². The van der Waals surface area contributed by atoms with Gasteiger partial charge in [0.1, 0.15) is 17.4 Å².